The lowest BCUT2D eigenvalue weighted by molar-refractivity contribution is 0.267. The lowest BCUT2D eigenvalue weighted by Crippen LogP contribution is -2.40. The van der Waals surface area contributed by atoms with Crippen molar-refractivity contribution in [3.05, 3.63) is 71.9 Å². The largest absolute Gasteiger partial charge is 0.490 e. The van der Waals surface area contributed by atoms with E-state index in [0.717, 1.165) is 22.7 Å². The average molecular weight is 456 g/mol. The Balaban J connectivity index is 1.88. The molecule has 3 rings (SSSR count). The van der Waals surface area contributed by atoms with Gasteiger partial charge in [-0.2, -0.15) is 9.49 Å². The maximum Gasteiger partial charge on any atom is 0.202 e. The zero-order valence-electron chi connectivity index (χ0n) is 18.5. The van der Waals surface area contributed by atoms with Crippen LogP contribution in [0.4, 0.5) is 20.3 Å². The molecule has 10 heteroatoms. The summed E-state index contributed by atoms with van der Waals surface area (Å²) in [6, 6.07) is 13.7. The van der Waals surface area contributed by atoms with E-state index < -0.39 is 11.6 Å². The monoisotopic (exact) mass is 455 g/mol. The number of hydrogen-bond acceptors (Lipinski definition) is 7. The van der Waals surface area contributed by atoms with Crippen LogP contribution in [0.25, 0.3) is 11.1 Å². The molecule has 0 aliphatic carbocycles. The summed E-state index contributed by atoms with van der Waals surface area (Å²) >= 11 is 0. The molecule has 2 aromatic carbocycles. The lowest BCUT2D eigenvalue weighted by atomic mass is 10.0. The van der Waals surface area contributed by atoms with Crippen molar-refractivity contribution < 1.29 is 13.5 Å². The fourth-order valence-electron chi connectivity index (χ4n) is 3.20. The van der Waals surface area contributed by atoms with Crippen molar-refractivity contribution in [3.8, 4) is 16.9 Å². The minimum atomic E-state index is -1.20. The second-order valence-corrected chi connectivity index (χ2v) is 7.56. The summed E-state index contributed by atoms with van der Waals surface area (Å²) in [5.41, 5.74) is 7.60. The van der Waals surface area contributed by atoms with Gasteiger partial charge >= 0.3 is 0 Å². The van der Waals surface area contributed by atoms with E-state index in [2.05, 4.69) is 10.1 Å². The first-order valence-corrected chi connectivity index (χ1v) is 10.2. The Kier molecular flexibility index (Phi) is 7.75. The van der Waals surface area contributed by atoms with Crippen molar-refractivity contribution >= 4 is 17.3 Å². The topological polar surface area (TPSA) is 119 Å². The molecule has 0 aliphatic heterocycles. The number of nitrogens with two attached hydrogens (primary N) is 3. The molecule has 0 saturated heterocycles. The summed E-state index contributed by atoms with van der Waals surface area (Å²) in [4.78, 5) is 6.15. The Hall–Kier alpha value is -3.76. The average Bonchev–Trinajstić information content (AvgIpc) is 2.81. The SMILES string of the molecule is CN(C)CCCOc1ccc(N(N)/C(=N\N)c2cc(-c3ccccc3)cnc2N)c(F)c1F. The van der Waals surface area contributed by atoms with Crippen LogP contribution in [0.1, 0.15) is 12.0 Å². The maximum absolute atomic E-state index is 14.9. The molecule has 1 heterocycles. The van der Waals surface area contributed by atoms with Crippen LogP contribution < -0.4 is 27.2 Å². The quantitative estimate of drug-likeness (QED) is 0.157. The summed E-state index contributed by atoms with van der Waals surface area (Å²) < 4.78 is 34.9. The summed E-state index contributed by atoms with van der Waals surface area (Å²) in [6.07, 6.45) is 2.25. The van der Waals surface area contributed by atoms with Crippen LogP contribution in [-0.4, -0.2) is 43.0 Å². The highest BCUT2D eigenvalue weighted by Gasteiger charge is 2.23. The zero-order valence-corrected chi connectivity index (χ0v) is 18.5. The molecule has 0 atom stereocenters. The zero-order chi connectivity index (χ0) is 24.0. The molecule has 0 radical (unpaired) electrons. The highest BCUT2D eigenvalue weighted by Crippen LogP contribution is 2.30. The molecule has 0 unspecified atom stereocenters. The molecular formula is C23H27F2N7O. The van der Waals surface area contributed by atoms with Crippen LogP contribution in [0, 0.1) is 11.6 Å². The molecule has 8 nitrogen and oxygen atoms in total. The highest BCUT2D eigenvalue weighted by atomic mass is 19.2. The molecule has 0 saturated carbocycles. The minimum absolute atomic E-state index is 0.0797. The third-order valence-corrected chi connectivity index (χ3v) is 4.91. The van der Waals surface area contributed by atoms with Gasteiger partial charge in [0.1, 0.15) is 5.82 Å². The molecule has 0 fully saturated rings. The number of rotatable bonds is 8. The molecular weight excluding hydrogens is 428 g/mol. The van der Waals surface area contributed by atoms with Crippen molar-refractivity contribution in [2.75, 3.05) is 38.0 Å². The van der Waals surface area contributed by atoms with Gasteiger partial charge in [-0.15, -0.1) is 0 Å². The predicted octanol–water partition coefficient (Wildman–Crippen LogP) is 2.94. The Labute approximate surface area is 191 Å². The van der Waals surface area contributed by atoms with Crippen LogP contribution in [0.2, 0.25) is 0 Å². The second-order valence-electron chi connectivity index (χ2n) is 7.56. The summed E-state index contributed by atoms with van der Waals surface area (Å²) in [5, 5.41) is 4.50. The molecule has 0 bridgehead atoms. The second kappa shape index (κ2) is 10.7. The van der Waals surface area contributed by atoms with E-state index in [0.29, 0.717) is 6.42 Å². The van der Waals surface area contributed by atoms with Crippen LogP contribution in [-0.2, 0) is 0 Å². The number of pyridine rings is 1. The number of nitrogens with zero attached hydrogens (tertiary/aromatic N) is 4. The summed E-state index contributed by atoms with van der Waals surface area (Å²) in [6.45, 7) is 0.997. The number of aromatic nitrogens is 1. The smallest absolute Gasteiger partial charge is 0.202 e. The molecule has 33 heavy (non-hydrogen) atoms. The van der Waals surface area contributed by atoms with E-state index in [1.54, 1.807) is 12.3 Å². The highest BCUT2D eigenvalue weighted by molar-refractivity contribution is 6.12. The van der Waals surface area contributed by atoms with Gasteiger partial charge in [0.2, 0.25) is 5.82 Å². The molecule has 3 aromatic rings. The third-order valence-electron chi connectivity index (χ3n) is 4.91. The first-order valence-electron chi connectivity index (χ1n) is 10.2. The number of ether oxygens (including phenoxy) is 1. The fourth-order valence-corrected chi connectivity index (χ4v) is 3.20. The van der Waals surface area contributed by atoms with E-state index in [1.807, 2.05) is 49.3 Å². The Morgan fingerprint density at radius 2 is 1.79 bits per heavy atom. The fraction of sp³-hybridized carbons (Fsp3) is 0.217. The Bertz CT molecular complexity index is 1120. The molecule has 0 amide bonds. The van der Waals surface area contributed by atoms with Crippen molar-refractivity contribution in [1.82, 2.24) is 9.88 Å². The van der Waals surface area contributed by atoms with Gasteiger partial charge in [0, 0.05) is 18.3 Å². The van der Waals surface area contributed by atoms with Crippen molar-refractivity contribution in [2.45, 2.75) is 6.42 Å². The van der Waals surface area contributed by atoms with E-state index in [-0.39, 0.29) is 35.3 Å². The van der Waals surface area contributed by atoms with E-state index in [9.17, 15) is 8.78 Å². The van der Waals surface area contributed by atoms with E-state index in [1.165, 1.54) is 12.1 Å². The summed E-state index contributed by atoms with van der Waals surface area (Å²) in [5.74, 6) is 9.09. The molecule has 174 valence electrons. The van der Waals surface area contributed by atoms with Crippen LogP contribution >= 0.6 is 0 Å². The van der Waals surface area contributed by atoms with Gasteiger partial charge in [-0.1, -0.05) is 30.3 Å². The number of hydrazine groups is 1. The number of halogens is 2. The number of nitrogen functional groups attached to an aromatic ring is 1. The van der Waals surface area contributed by atoms with Crippen molar-refractivity contribution in [2.24, 2.45) is 16.8 Å². The Morgan fingerprint density at radius 1 is 1.06 bits per heavy atom. The predicted molar refractivity (Wildman–Crippen MR) is 127 cm³/mol. The van der Waals surface area contributed by atoms with Gasteiger partial charge in [0.05, 0.1) is 17.9 Å². The van der Waals surface area contributed by atoms with Crippen molar-refractivity contribution in [3.63, 3.8) is 0 Å². The molecule has 0 spiro atoms. The van der Waals surface area contributed by atoms with E-state index in [4.69, 9.17) is 22.2 Å². The summed E-state index contributed by atoms with van der Waals surface area (Å²) in [7, 11) is 3.83. The van der Waals surface area contributed by atoms with Crippen LogP contribution in [0.15, 0.2) is 59.8 Å². The van der Waals surface area contributed by atoms with Gasteiger partial charge in [-0.3, -0.25) is 5.01 Å². The number of hydrazone groups is 1. The minimum Gasteiger partial charge on any atom is -0.490 e. The van der Waals surface area contributed by atoms with Crippen LogP contribution in [0.5, 0.6) is 5.75 Å². The normalized spacial score (nSPS) is 11.6. The van der Waals surface area contributed by atoms with Gasteiger partial charge in [-0.05, 0) is 44.3 Å². The maximum atomic E-state index is 14.9. The first kappa shape index (κ1) is 23.9. The van der Waals surface area contributed by atoms with Crippen molar-refractivity contribution in [1.29, 1.82) is 0 Å². The molecule has 0 aliphatic rings. The molecule has 6 N–H and O–H groups in total. The van der Waals surface area contributed by atoms with Gasteiger partial charge in [0.25, 0.3) is 0 Å². The number of benzene rings is 2. The van der Waals surface area contributed by atoms with Crippen LogP contribution in [0.3, 0.4) is 0 Å². The molecule has 1 aromatic heterocycles. The number of hydrogen-bond donors (Lipinski definition) is 3. The van der Waals surface area contributed by atoms with Gasteiger partial charge in [0.15, 0.2) is 17.4 Å². The third kappa shape index (κ3) is 5.54. The number of amidine groups is 1. The van der Waals surface area contributed by atoms with E-state index >= 15 is 0 Å². The Morgan fingerprint density at radius 3 is 2.45 bits per heavy atom. The van der Waals surface area contributed by atoms with Gasteiger partial charge in [-0.25, -0.2) is 15.2 Å². The number of anilines is 2. The van der Waals surface area contributed by atoms with Gasteiger partial charge < -0.3 is 21.2 Å². The standard InChI is InChI=1S/C23H27F2N7O/c1-31(2)11-6-12-33-19-10-9-18(20(24)21(19)25)32(28)23(30-27)17-13-16(14-29-22(17)26)15-7-4-3-5-8-15/h3-5,7-10,13-14H,6,11-12,27-28H2,1-2H3,(H2,26,29)/b30-23-. The lowest BCUT2D eigenvalue weighted by Gasteiger charge is -2.22. The first-order chi connectivity index (χ1) is 15.8.